The van der Waals surface area contributed by atoms with E-state index in [2.05, 4.69) is 13.5 Å². The summed E-state index contributed by atoms with van der Waals surface area (Å²) in [4.78, 5) is 0. The molecule has 12 heteroatoms. The molecule has 0 aliphatic rings. The minimum Gasteiger partial charge on any atom is -0.166 e. The van der Waals surface area contributed by atoms with Gasteiger partial charge in [0.2, 0.25) is 0 Å². The Bertz CT molecular complexity index is 90.0. The van der Waals surface area contributed by atoms with Crippen LogP contribution in [-0.2, 0) is 0 Å². The van der Waals surface area contributed by atoms with Crippen LogP contribution in [0.4, 0.5) is 0 Å². The van der Waals surface area contributed by atoms with Crippen molar-refractivity contribution < 1.29 is 0 Å². The van der Waals surface area contributed by atoms with E-state index >= 15 is 0 Å². The van der Waals surface area contributed by atoms with Crippen LogP contribution in [0.15, 0.2) is 0 Å². The molecule has 0 fully saturated rings. The van der Waals surface area contributed by atoms with Crippen molar-refractivity contribution in [3.63, 3.8) is 0 Å². The molecule has 0 aliphatic heterocycles. The fourth-order valence-corrected chi connectivity index (χ4v) is 1.93. The molecule has 0 unspecified atom stereocenters. The molecule has 42 valence electrons. The van der Waals surface area contributed by atoms with Gasteiger partial charge in [-0.05, 0) is 0 Å². The summed E-state index contributed by atoms with van der Waals surface area (Å²) in [5.41, 5.74) is 0. The van der Waals surface area contributed by atoms with Crippen LogP contribution in [0.3, 0.4) is 0 Å². The molecule has 1 aromatic heterocycles. The fraction of sp³-hybridized carbons (Fsp3) is 0. The van der Waals surface area contributed by atoms with Crippen molar-refractivity contribution in [1.82, 2.24) is 13.5 Å². The second-order valence-corrected chi connectivity index (χ2v) is 3.22. The Morgan fingerprint density at radius 1 is 0.417 bits per heavy atom. The van der Waals surface area contributed by atoms with Crippen molar-refractivity contribution in [3.05, 3.63) is 0 Å². The molecule has 0 radical (unpaired) electrons. The van der Waals surface area contributed by atoms with E-state index in [0.29, 0.717) is 0 Å². The number of hydrogen-bond acceptors (Lipinski definition) is 3. The molecular weight excluding hydrogens is 1740 g/mol. The van der Waals surface area contributed by atoms with E-state index in [4.69, 9.17) is 0 Å². The van der Waals surface area contributed by atoms with E-state index in [1.165, 1.54) is 0 Å². The molecule has 0 saturated carbocycles. The van der Waals surface area contributed by atoms with Crippen LogP contribution in [0.2, 0.25) is 0 Å². The van der Waals surface area contributed by atoms with Gasteiger partial charge in [-0.2, -0.15) is 13.5 Å². The Morgan fingerprint density at radius 2 is 0.583 bits per heavy atom. The molecule has 0 aromatic carbocycles. The zero-order valence-corrected chi connectivity index (χ0v) is 48.0. The van der Waals surface area contributed by atoms with Crippen LogP contribution in [-0.4, -0.2) is 13.5 Å². The molecule has 12 heavy (non-hydrogen) atoms. The normalized spacial score (nSPS) is 6.00. The molecule has 0 saturated heterocycles. The molecule has 0 spiro atoms. The number of nitrogens with zero attached hydrogens (tertiary/aromatic N) is 3. The van der Waals surface area contributed by atoms with Crippen LogP contribution in [0, 0.1) is 0 Å². The van der Waals surface area contributed by atoms with Crippen molar-refractivity contribution in [2.45, 2.75) is 0 Å². The van der Waals surface area contributed by atoms with Crippen molar-refractivity contribution in [2.75, 3.05) is 0 Å². The average Bonchev–Trinajstić information content (AvgIpc) is 1.72. The van der Waals surface area contributed by atoms with Gasteiger partial charge in [-0.15, -0.1) is 0 Å². The maximum Gasteiger partial charge on any atom is 0.166 e. The maximum absolute atomic E-state index is 3.78. The van der Waals surface area contributed by atoms with Gasteiger partial charge < -0.3 is 0 Å². The summed E-state index contributed by atoms with van der Waals surface area (Å²) in [6.07, 6.45) is 0. The molecule has 0 aliphatic carbocycles. The van der Waals surface area contributed by atoms with Gasteiger partial charge in [-0.3, -0.25) is 0 Å². The van der Waals surface area contributed by atoms with E-state index in [0.717, 1.165) is 25.5 Å². The van der Waals surface area contributed by atoms with Gasteiger partial charge in [0.1, 0.15) is 0 Å². The van der Waals surface area contributed by atoms with E-state index in [1.807, 2.05) is 0 Å². The van der Waals surface area contributed by atoms with Crippen LogP contribution in [0.5, 0.6) is 0 Å². The summed E-state index contributed by atoms with van der Waals surface area (Å²) in [7, 11) is 2.49. The average molecular weight is 1740 g/mol. The van der Waals surface area contributed by atoms with Crippen LogP contribution in [0.25, 0.3) is 0 Å². The third-order valence-electron chi connectivity index (χ3n) is 0.240. The van der Waals surface area contributed by atoms with Crippen LogP contribution >= 0.6 is 25.5 Å². The Balaban J connectivity index is -0.0000000150. The molecular formula is N3P3Rf6. The molecule has 0 atom stereocenters. The summed E-state index contributed by atoms with van der Waals surface area (Å²) in [5.74, 6) is 0. The van der Waals surface area contributed by atoms with E-state index in [1.54, 1.807) is 0 Å². The number of rotatable bonds is 0. The molecule has 3 nitrogen and oxygen atoms in total. The largest absolute Gasteiger partial charge is 0.166 e. The van der Waals surface area contributed by atoms with Gasteiger partial charge >= 0.3 is 0 Å². The zero-order chi connectivity index (χ0) is 4.24. The monoisotopic (exact) mass is 1740 g/mol. The first-order valence-electron chi connectivity index (χ1n) is 1.20. The first-order valence-corrected chi connectivity index (χ1v) is 3.60. The minimum atomic E-state index is 0. The smallest absolute Gasteiger partial charge is 0.166 e. The zero-order valence-electron chi connectivity index (χ0n) is 6.93. The van der Waals surface area contributed by atoms with Gasteiger partial charge in [-0.1, -0.05) is 0 Å². The molecule has 1 aromatic rings. The van der Waals surface area contributed by atoms with Gasteiger partial charge in [0.05, 0.1) is 0 Å². The standard InChI is InChI=1S/N3P3.6Rf/c1-4-2-6-3-5-1;;;;;;. The first kappa shape index (κ1) is 1970. The Kier molecular flexibility index (Phi) is 178000. The van der Waals surface area contributed by atoms with Gasteiger partial charge in [0, 0.05) is 0 Å². The minimum absolute atomic E-state index is 0. The molecule has 1 heterocycles. The van der Waals surface area contributed by atoms with Gasteiger partial charge in [-0.25, -0.2) is 0 Å². The van der Waals surface area contributed by atoms with Gasteiger partial charge in [0.15, 0.2) is 25.5 Å². The number of hydrogen-bond donors (Lipinski definition) is 0. The summed E-state index contributed by atoms with van der Waals surface area (Å²) in [6.45, 7) is 0. The van der Waals surface area contributed by atoms with Crippen molar-refractivity contribution in [1.29, 1.82) is 0 Å². The van der Waals surface area contributed by atoms with E-state index < -0.39 is 0 Å². The Hall–Kier alpha value is -5.70. The summed E-state index contributed by atoms with van der Waals surface area (Å²) in [5, 5.41) is 0. The Morgan fingerprint density at radius 3 is 0.667 bits per heavy atom. The van der Waals surface area contributed by atoms with E-state index in [9.17, 15) is 0 Å². The number of aromatic nitrogens is 3. The van der Waals surface area contributed by atoms with Gasteiger partial charge in [0.25, 0.3) is 0 Å². The predicted molar refractivity (Wildman–Crippen MR) is 27.4 cm³/mol. The molecule has 0 amide bonds. The SMILES string of the molecule is [Rf].[Rf].[Rf].[Rf].[Rf].[Rf].n1pnpnp1. The molecule has 0 bridgehead atoms. The quantitative estimate of drug-likeness (QED) is 0.397. The maximum atomic E-state index is 3.78. The summed E-state index contributed by atoms with van der Waals surface area (Å²) >= 11 is 0. The van der Waals surface area contributed by atoms with E-state index in [-0.39, 0.29) is 0 Å². The summed E-state index contributed by atoms with van der Waals surface area (Å²) in [6, 6.07) is 0. The third kappa shape index (κ3) is 520. The second-order valence-electron chi connectivity index (χ2n) is 0.537. The Labute approximate surface area is 39.9 Å². The predicted octanol–water partition coefficient (Wildman–Crippen LogP) is 1.61. The molecule has 0 N–H and O–H groups in total. The summed E-state index contributed by atoms with van der Waals surface area (Å²) < 4.78 is 11.3. The fourth-order valence-electron chi connectivity index (χ4n) is 0.107. The van der Waals surface area contributed by atoms with Crippen molar-refractivity contribution in [3.8, 4) is 0 Å². The van der Waals surface area contributed by atoms with Crippen LogP contribution < -0.4 is 0 Å². The third-order valence-corrected chi connectivity index (χ3v) is 2.16. The van der Waals surface area contributed by atoms with Crippen LogP contribution in [0.1, 0.15) is 0 Å². The van der Waals surface area contributed by atoms with Crippen molar-refractivity contribution >= 4 is 25.5 Å². The first-order chi connectivity index (χ1) is 3.00. The molecule has 1 rings (SSSR count). The second kappa shape index (κ2) is 1090. The topological polar surface area (TPSA) is 38.7 Å². The van der Waals surface area contributed by atoms with Crippen molar-refractivity contribution in [2.24, 2.45) is 0 Å².